The molecule has 18 nitrogen and oxygen atoms in total. The van der Waals surface area contributed by atoms with Crippen LogP contribution in [-0.4, -0.2) is 83.2 Å². The summed E-state index contributed by atoms with van der Waals surface area (Å²) in [7, 11) is 0. The molecule has 15 rings (SSSR count). The molecule has 2 atom stereocenters. The van der Waals surface area contributed by atoms with E-state index >= 15 is 28.8 Å². The molecule has 14 aromatic carbocycles. The normalized spacial score (nSPS) is 13.1. The Morgan fingerprint density at radius 3 is 0.739 bits per heavy atom. The fourth-order valence-electron chi connectivity index (χ4n) is 18.3. The number of benzene rings is 14. The first-order valence-electron chi connectivity index (χ1n) is 48.0. The van der Waals surface area contributed by atoms with E-state index in [1.165, 1.54) is 0 Å². The molecule has 8 bridgehead atoms. The zero-order valence-electron chi connectivity index (χ0n) is 82.8. The van der Waals surface area contributed by atoms with Gasteiger partial charge in [0.15, 0.2) is 0 Å². The van der Waals surface area contributed by atoms with Crippen LogP contribution in [0.15, 0.2) is 267 Å². The van der Waals surface area contributed by atoms with Gasteiger partial charge in [-0.3, -0.25) is 28.8 Å². The SMILES string of the molecule is CC(C)(C)NC(=O)C(c1ccc(OCCCOc2c3cc(C(C)(C)C)cc2Cc2cc(C(C)(C)C)cc(c2O)Cc2cc(C(C)(C)C)cc(c2OCCCOc2ccc(C(C(=O)NC(C)(C)C)C(C(=O)Nc4cccc5ccccc45)C(=O)Nc4cccc5ccccc45)cc2)Cc2cc(C(C)(C)C)cc(c2O)C3)cc1)C(C(=O)Nc1cccc2ccccc12)C(=O)Nc1cccc2ccccc12. The number of carbonyl (C=O) groups excluding carboxylic acids is 6. The molecule has 0 heterocycles. The van der Waals surface area contributed by atoms with Crippen LogP contribution in [-0.2, 0) is 76.1 Å². The van der Waals surface area contributed by atoms with Crippen LogP contribution in [0.5, 0.6) is 34.5 Å². The van der Waals surface area contributed by atoms with Crippen LogP contribution >= 0.6 is 0 Å². The van der Waals surface area contributed by atoms with E-state index in [-0.39, 0.29) is 85.3 Å². The number of amides is 6. The van der Waals surface area contributed by atoms with Gasteiger partial charge in [-0.15, -0.1) is 0 Å². The molecule has 1 aliphatic carbocycles. The Labute approximate surface area is 811 Å². The van der Waals surface area contributed by atoms with Crippen LogP contribution in [0.25, 0.3) is 43.1 Å². The van der Waals surface area contributed by atoms with E-state index in [1.54, 1.807) is 72.8 Å². The minimum absolute atomic E-state index is 0.156. The van der Waals surface area contributed by atoms with Gasteiger partial charge in [0.2, 0.25) is 35.4 Å². The van der Waals surface area contributed by atoms with Crippen molar-refractivity contribution in [2.75, 3.05) is 47.7 Å². The van der Waals surface area contributed by atoms with Crippen LogP contribution < -0.4 is 50.8 Å². The molecule has 0 saturated carbocycles. The molecule has 0 fully saturated rings. The predicted octanol–water partition coefficient (Wildman–Crippen LogP) is 25.1. The lowest BCUT2D eigenvalue weighted by Gasteiger charge is -2.29. The summed E-state index contributed by atoms with van der Waals surface area (Å²) in [5, 5.41) is 51.7. The van der Waals surface area contributed by atoms with Crippen LogP contribution in [0.4, 0.5) is 22.7 Å². The van der Waals surface area contributed by atoms with Gasteiger partial charge in [0.05, 0.1) is 38.3 Å². The number of fused-ring (bicyclic) bond motifs is 12. The predicted molar refractivity (Wildman–Crippen MR) is 558 cm³/mol. The molecule has 138 heavy (non-hydrogen) atoms. The molecule has 0 aliphatic heterocycles. The number of ether oxygens (including phenoxy) is 4. The lowest BCUT2D eigenvalue weighted by molar-refractivity contribution is -0.136. The summed E-state index contributed by atoms with van der Waals surface area (Å²) >= 11 is 0. The number of phenols is 2. The van der Waals surface area contributed by atoms with Gasteiger partial charge >= 0.3 is 0 Å². The Hall–Kier alpha value is -14.3. The Bertz CT molecular complexity index is 6200. The van der Waals surface area contributed by atoms with Gasteiger partial charge in [0.1, 0.15) is 46.3 Å². The first-order valence-corrected chi connectivity index (χ1v) is 48.0. The van der Waals surface area contributed by atoms with Crippen molar-refractivity contribution in [3.05, 3.63) is 345 Å². The lowest BCUT2D eigenvalue weighted by atomic mass is 9.79. The highest BCUT2D eigenvalue weighted by atomic mass is 16.5. The quantitative estimate of drug-likeness (QED) is 0.0186. The van der Waals surface area contributed by atoms with Gasteiger partial charge in [0, 0.05) is 93.9 Å². The number of hydrogen-bond donors (Lipinski definition) is 8. The summed E-state index contributed by atoms with van der Waals surface area (Å²) in [5.74, 6) is -6.92. The van der Waals surface area contributed by atoms with E-state index in [4.69, 9.17) is 18.9 Å². The van der Waals surface area contributed by atoms with Crippen molar-refractivity contribution in [2.45, 2.75) is 208 Å². The molecule has 0 aromatic heterocycles. The van der Waals surface area contributed by atoms with E-state index in [9.17, 15) is 10.2 Å². The minimum atomic E-state index is -1.58. The lowest BCUT2D eigenvalue weighted by Crippen LogP contribution is -2.49. The van der Waals surface area contributed by atoms with Gasteiger partial charge in [-0.25, -0.2) is 0 Å². The van der Waals surface area contributed by atoms with Crippen molar-refractivity contribution >= 4 is 101 Å². The van der Waals surface area contributed by atoms with E-state index in [2.05, 4.69) is 164 Å². The fraction of sp³-hybridized carbons (Fsp3) is 0.317. The van der Waals surface area contributed by atoms with E-state index < -0.39 is 70.2 Å². The second kappa shape index (κ2) is 40.6. The Kier molecular flexibility index (Phi) is 28.9. The van der Waals surface area contributed by atoms with Crippen LogP contribution in [0, 0.1) is 11.8 Å². The zero-order valence-corrected chi connectivity index (χ0v) is 82.8. The third-order valence-corrected chi connectivity index (χ3v) is 25.6. The Morgan fingerprint density at radius 2 is 0.500 bits per heavy atom. The van der Waals surface area contributed by atoms with Crippen LogP contribution in [0.3, 0.4) is 0 Å². The number of phenolic OH excluding ortho intramolecular Hbond substituents is 2. The summed E-state index contributed by atoms with van der Waals surface area (Å²) in [6, 6.07) is 84.3. The van der Waals surface area contributed by atoms with Crippen molar-refractivity contribution in [3.63, 3.8) is 0 Å². The molecule has 1 aliphatic rings. The summed E-state index contributed by atoms with van der Waals surface area (Å²) < 4.78 is 27.5. The standard InChI is InChI=1S/C120H130N6O12/c1-115(2,3)87-65-79-61-83-69-89(117(7,8)9)71-85(107(83)137-59-31-57-135-91-53-49-77(50-54-91)101(113(133)125-119(13,14)15)103(109(129)121-97-45-27-37-73-33-19-23-41-93(73)97)110(130)122-98-46-28-38-74-34-20-24-42-94(74)98)63-81-67-88(116(4,5)6)68-82(106(81)128)64-86-72-90(118(10,11)12)70-84(62-80(66-87)105(79)127)108(86)138-60-32-58-136-92-55-51-78(52-56-92)102(114(134)126-120(16,17)18)104(111(131)123-99-47-29-39-75-35-21-25-43-95(75)99)112(132)124-100-48-30-40-76-36-22-26-44-96(76)100/h19-30,33-56,65-72,101-104,127-128H,31-32,57-64H2,1-18H3,(H,121,129)(H,122,130)(H,123,131)(H,124,132)(H,125,133)(H,126,134). The molecule has 712 valence electrons. The molecular weight excluding hydrogens is 1720 g/mol. The summed E-state index contributed by atoms with van der Waals surface area (Å²) in [6.07, 6.45) is 1.96. The van der Waals surface area contributed by atoms with E-state index in [0.29, 0.717) is 92.0 Å². The van der Waals surface area contributed by atoms with Crippen molar-refractivity contribution in [2.24, 2.45) is 11.8 Å². The first-order chi connectivity index (χ1) is 65.5. The maximum atomic E-state index is 15.2. The smallest absolute Gasteiger partial charge is 0.238 e. The minimum Gasteiger partial charge on any atom is -0.507 e. The number of hydrogen-bond acceptors (Lipinski definition) is 12. The van der Waals surface area contributed by atoms with Crippen LogP contribution in [0.2, 0.25) is 0 Å². The fourth-order valence-corrected chi connectivity index (χ4v) is 18.3. The number of anilines is 4. The summed E-state index contributed by atoms with van der Waals surface area (Å²) in [5.41, 5.74) is 10.3. The molecule has 0 saturated heterocycles. The Morgan fingerprint density at radius 1 is 0.275 bits per heavy atom. The second-order valence-corrected chi connectivity index (χ2v) is 42.9. The third kappa shape index (κ3) is 23.3. The summed E-state index contributed by atoms with van der Waals surface area (Å²) in [4.78, 5) is 91.1. The van der Waals surface area contributed by atoms with Crippen molar-refractivity contribution in [1.29, 1.82) is 0 Å². The van der Waals surface area contributed by atoms with Gasteiger partial charge in [-0.1, -0.05) is 301 Å². The molecule has 0 spiro atoms. The van der Waals surface area contributed by atoms with Gasteiger partial charge in [0.25, 0.3) is 0 Å². The third-order valence-electron chi connectivity index (χ3n) is 25.6. The molecular formula is C120H130N6O12. The number of aromatic hydroxyl groups is 2. The van der Waals surface area contributed by atoms with E-state index in [1.807, 2.05) is 187 Å². The second-order valence-electron chi connectivity index (χ2n) is 42.9. The Balaban J connectivity index is 0.716. The molecule has 14 aromatic rings. The van der Waals surface area contributed by atoms with Gasteiger partial charge < -0.3 is 61.1 Å². The molecule has 0 radical (unpaired) electrons. The van der Waals surface area contributed by atoms with E-state index in [0.717, 1.165) is 87.6 Å². The maximum absolute atomic E-state index is 15.2. The van der Waals surface area contributed by atoms with Gasteiger partial charge in [-0.2, -0.15) is 0 Å². The summed E-state index contributed by atoms with van der Waals surface area (Å²) in [6.45, 7) is 38.2. The highest BCUT2D eigenvalue weighted by Crippen LogP contribution is 2.46. The van der Waals surface area contributed by atoms with Crippen molar-refractivity contribution in [1.82, 2.24) is 10.6 Å². The monoisotopic (exact) mass is 1850 g/mol. The highest BCUT2D eigenvalue weighted by molar-refractivity contribution is 6.19. The van der Waals surface area contributed by atoms with Gasteiger partial charge in [-0.05, 0) is 211 Å². The average molecular weight is 1850 g/mol. The topological polar surface area (TPSA) is 252 Å². The maximum Gasteiger partial charge on any atom is 0.238 e. The first kappa shape index (κ1) is 98.3. The zero-order chi connectivity index (χ0) is 98.5. The number of carbonyl (C=O) groups is 6. The van der Waals surface area contributed by atoms with Crippen LogP contribution in [0.1, 0.15) is 227 Å². The molecule has 2 unspecified atom stereocenters. The molecule has 18 heteroatoms. The average Bonchev–Trinajstić information content (AvgIpc) is 0.762. The largest absolute Gasteiger partial charge is 0.507 e. The molecule has 8 N–H and O–H groups in total. The van der Waals surface area contributed by atoms with Crippen molar-refractivity contribution in [3.8, 4) is 34.5 Å². The molecule has 6 amide bonds. The number of rotatable bonds is 26. The highest BCUT2D eigenvalue weighted by Gasteiger charge is 2.45. The number of nitrogens with one attached hydrogen (secondary N) is 6. The van der Waals surface area contributed by atoms with Crippen molar-refractivity contribution < 1.29 is 57.9 Å².